The maximum absolute atomic E-state index is 13.0. The Morgan fingerprint density at radius 1 is 1.34 bits per heavy atom. The Balaban J connectivity index is 1.41. The van der Waals surface area contributed by atoms with Crippen molar-refractivity contribution < 1.29 is 4.55 Å². The fourth-order valence-corrected chi connectivity index (χ4v) is 6.33. The summed E-state index contributed by atoms with van der Waals surface area (Å²) in [5.41, 5.74) is 2.50. The number of nitrogens with zero attached hydrogens (tertiary/aromatic N) is 4. The molecule has 170 valence electrons. The van der Waals surface area contributed by atoms with Gasteiger partial charge in [0.15, 0.2) is 5.65 Å². The average molecular weight is 567 g/mol. The average Bonchev–Trinajstić information content (AvgIpc) is 3.26. The van der Waals surface area contributed by atoms with E-state index < -0.39 is 11.4 Å². The van der Waals surface area contributed by atoms with Crippen molar-refractivity contribution >= 4 is 50.9 Å². The van der Waals surface area contributed by atoms with Crippen LogP contribution in [0.1, 0.15) is 50.9 Å². The predicted molar refractivity (Wildman–Crippen MR) is 133 cm³/mol. The molecule has 0 radical (unpaired) electrons. The monoisotopic (exact) mass is 567 g/mol. The first-order valence-corrected chi connectivity index (χ1v) is 12.9. The van der Waals surface area contributed by atoms with Gasteiger partial charge in [0.2, 0.25) is 5.95 Å². The van der Waals surface area contributed by atoms with Crippen LogP contribution in [-0.4, -0.2) is 47.5 Å². The highest BCUT2D eigenvalue weighted by atomic mass is 127. The Morgan fingerprint density at radius 2 is 2.09 bits per heavy atom. The van der Waals surface area contributed by atoms with Gasteiger partial charge in [-0.15, -0.1) is 4.72 Å². The summed E-state index contributed by atoms with van der Waals surface area (Å²) in [6.45, 7) is 7.44. The second kappa shape index (κ2) is 7.96. The molecular formula is C21H26IN7O2S. The predicted octanol–water partition coefficient (Wildman–Crippen LogP) is 2.58. The summed E-state index contributed by atoms with van der Waals surface area (Å²) in [5.74, 6) is 0.564. The Hall–Kier alpha value is -1.70. The second-order valence-corrected chi connectivity index (χ2v) is 12.6. The SMILES string of the molecule is CC(C)(C)[S@@+]([O-])N[C@@H]1c2cccnc2CC12CCN(c1nc3[nH]nc(I)c3c(=O)[nH]1)CC2. The number of hydrogen-bond acceptors (Lipinski definition) is 7. The van der Waals surface area contributed by atoms with E-state index in [1.807, 2.05) is 55.6 Å². The maximum Gasteiger partial charge on any atom is 0.264 e. The third-order valence-electron chi connectivity index (χ3n) is 6.58. The standard InChI is InChI=1S/C21H26IN7O2S/c1-20(2,3)32(31)28-15-12-5-4-8-23-13(12)11-21(15)6-9-29(10-7-21)19-24-17-14(18(30)25-19)16(22)26-27-17/h4-5,8,15,28H,6-7,9-11H2,1-3H3,(H2,24,25,26,27,30)/t15-,32-/m1/s1. The van der Waals surface area contributed by atoms with Crippen LogP contribution in [0.3, 0.4) is 0 Å². The fourth-order valence-electron chi connectivity index (χ4n) is 4.77. The number of H-pyrrole nitrogens is 2. The quantitative estimate of drug-likeness (QED) is 0.328. The Morgan fingerprint density at radius 3 is 2.81 bits per heavy atom. The topological polar surface area (TPSA) is 126 Å². The van der Waals surface area contributed by atoms with E-state index in [-0.39, 0.29) is 21.8 Å². The molecule has 11 heteroatoms. The van der Waals surface area contributed by atoms with E-state index in [2.05, 4.69) is 40.8 Å². The van der Waals surface area contributed by atoms with Crippen LogP contribution in [0, 0.1) is 9.12 Å². The van der Waals surface area contributed by atoms with Crippen molar-refractivity contribution in [2.75, 3.05) is 18.0 Å². The number of pyridine rings is 1. The third-order valence-corrected chi connectivity index (χ3v) is 8.92. The van der Waals surface area contributed by atoms with Crippen molar-refractivity contribution in [3.05, 3.63) is 43.6 Å². The highest BCUT2D eigenvalue weighted by Crippen LogP contribution is 2.52. The summed E-state index contributed by atoms with van der Waals surface area (Å²) in [6, 6.07) is 4.04. The van der Waals surface area contributed by atoms with Crippen molar-refractivity contribution in [3.8, 4) is 0 Å². The Kier molecular flexibility index (Phi) is 5.50. The van der Waals surface area contributed by atoms with Crippen LogP contribution in [-0.2, 0) is 17.8 Å². The summed E-state index contributed by atoms with van der Waals surface area (Å²) in [6.07, 6.45) is 4.45. The van der Waals surface area contributed by atoms with Gasteiger partial charge in [0.05, 0.1) is 6.04 Å². The molecule has 2 atom stereocenters. The number of nitrogens with one attached hydrogen (secondary N) is 3. The van der Waals surface area contributed by atoms with Crippen LogP contribution < -0.4 is 15.2 Å². The van der Waals surface area contributed by atoms with Crippen molar-refractivity contribution in [3.63, 3.8) is 0 Å². The molecular weight excluding hydrogens is 541 g/mol. The molecule has 0 amide bonds. The molecule has 1 aliphatic carbocycles. The number of anilines is 1. The van der Waals surface area contributed by atoms with Gasteiger partial charge < -0.3 is 9.45 Å². The number of fused-ring (bicyclic) bond motifs is 2. The van der Waals surface area contributed by atoms with Gasteiger partial charge in [-0.25, -0.2) is 0 Å². The lowest BCUT2D eigenvalue weighted by Crippen LogP contribution is -2.50. The van der Waals surface area contributed by atoms with Crippen LogP contribution in [0.4, 0.5) is 5.95 Å². The normalized spacial score (nSPS) is 21.3. The zero-order valence-corrected chi connectivity index (χ0v) is 21.2. The minimum absolute atomic E-state index is 0.0166. The smallest absolute Gasteiger partial charge is 0.264 e. The number of halogens is 1. The van der Waals surface area contributed by atoms with E-state index >= 15 is 0 Å². The van der Waals surface area contributed by atoms with Gasteiger partial charge in [-0.1, -0.05) is 6.07 Å². The molecule has 0 aromatic carbocycles. The molecule has 1 aliphatic heterocycles. The van der Waals surface area contributed by atoms with E-state index in [4.69, 9.17) is 0 Å². The lowest BCUT2D eigenvalue weighted by Gasteiger charge is -2.43. The third kappa shape index (κ3) is 3.72. The summed E-state index contributed by atoms with van der Waals surface area (Å²) >= 11 is 0.844. The first-order chi connectivity index (χ1) is 15.2. The highest BCUT2D eigenvalue weighted by Gasteiger charge is 2.51. The molecule has 1 saturated heterocycles. The summed E-state index contributed by atoms with van der Waals surface area (Å²) in [7, 11) is 0. The summed E-state index contributed by atoms with van der Waals surface area (Å²) in [4.78, 5) is 26.8. The van der Waals surface area contributed by atoms with Crippen LogP contribution in [0.5, 0.6) is 0 Å². The lowest BCUT2D eigenvalue weighted by molar-refractivity contribution is 0.175. The van der Waals surface area contributed by atoms with Crippen LogP contribution in [0.25, 0.3) is 11.0 Å². The van der Waals surface area contributed by atoms with Crippen LogP contribution in [0.15, 0.2) is 23.1 Å². The molecule has 0 bridgehead atoms. The highest BCUT2D eigenvalue weighted by molar-refractivity contribution is 14.1. The molecule has 5 rings (SSSR count). The van der Waals surface area contributed by atoms with Crippen LogP contribution in [0.2, 0.25) is 0 Å². The largest absolute Gasteiger partial charge is 0.598 e. The zero-order chi connectivity index (χ0) is 22.7. The second-order valence-electron chi connectivity index (χ2n) is 9.63. The summed E-state index contributed by atoms with van der Waals surface area (Å²) < 4.78 is 16.7. The van der Waals surface area contributed by atoms with E-state index in [0.29, 0.717) is 20.7 Å². The van der Waals surface area contributed by atoms with Gasteiger partial charge >= 0.3 is 0 Å². The molecule has 4 heterocycles. The van der Waals surface area contributed by atoms with Crippen molar-refractivity contribution in [2.24, 2.45) is 5.41 Å². The first kappa shape index (κ1) is 22.1. The molecule has 0 unspecified atom stereocenters. The van der Waals surface area contributed by atoms with Crippen molar-refractivity contribution in [1.82, 2.24) is 29.9 Å². The number of piperidine rings is 1. The first-order valence-electron chi connectivity index (χ1n) is 10.7. The van der Waals surface area contributed by atoms with Crippen molar-refractivity contribution in [1.29, 1.82) is 0 Å². The van der Waals surface area contributed by atoms with E-state index in [1.165, 1.54) is 0 Å². The Bertz CT molecular complexity index is 1210. The van der Waals surface area contributed by atoms with Crippen LogP contribution >= 0.6 is 22.6 Å². The summed E-state index contributed by atoms with van der Waals surface area (Å²) in [5, 5.41) is 7.44. The molecule has 0 saturated carbocycles. The molecule has 1 spiro atoms. The fraction of sp³-hybridized carbons (Fsp3) is 0.524. The number of rotatable bonds is 3. The minimum Gasteiger partial charge on any atom is -0.598 e. The van der Waals surface area contributed by atoms with E-state index in [0.717, 1.165) is 43.6 Å². The molecule has 3 N–H and O–H groups in total. The molecule has 3 aromatic heterocycles. The zero-order valence-electron chi connectivity index (χ0n) is 18.2. The Labute approximate surface area is 202 Å². The van der Waals surface area contributed by atoms with Gasteiger partial charge in [0.25, 0.3) is 5.56 Å². The van der Waals surface area contributed by atoms with Gasteiger partial charge in [-0.05, 0) is 74.3 Å². The minimum atomic E-state index is -1.19. The van der Waals surface area contributed by atoms with Gasteiger partial charge in [0.1, 0.15) is 13.8 Å². The lowest BCUT2D eigenvalue weighted by atomic mass is 9.73. The van der Waals surface area contributed by atoms with E-state index in [9.17, 15) is 9.35 Å². The van der Waals surface area contributed by atoms with Gasteiger partial charge in [-0.3, -0.25) is 19.9 Å². The molecule has 2 aliphatic rings. The molecule has 3 aromatic rings. The van der Waals surface area contributed by atoms with Crippen molar-refractivity contribution in [2.45, 2.75) is 50.8 Å². The maximum atomic E-state index is 13.0. The van der Waals surface area contributed by atoms with E-state index in [1.54, 1.807) is 0 Å². The van der Waals surface area contributed by atoms with Gasteiger partial charge in [-0.2, -0.15) is 10.1 Å². The number of aromatic amines is 2. The number of aromatic nitrogens is 5. The molecule has 1 fully saturated rings. The van der Waals surface area contributed by atoms with Gasteiger partial charge in [0, 0.05) is 41.8 Å². The number of hydrogen-bond donors (Lipinski definition) is 3. The molecule has 32 heavy (non-hydrogen) atoms. The molecule has 9 nitrogen and oxygen atoms in total.